The van der Waals surface area contributed by atoms with E-state index in [2.05, 4.69) is 31.2 Å². The fourth-order valence-corrected chi connectivity index (χ4v) is 1.80. The molecule has 2 aromatic rings. The number of aromatic nitrogens is 2. The molecule has 0 saturated carbocycles. The van der Waals surface area contributed by atoms with Crippen LogP contribution in [0.5, 0.6) is 0 Å². The zero-order valence-corrected chi connectivity index (χ0v) is 10.9. The molecule has 0 aliphatic carbocycles. The Hall–Kier alpha value is -1.13. The van der Waals surface area contributed by atoms with Crippen LogP contribution in [0.3, 0.4) is 0 Å². The van der Waals surface area contributed by atoms with E-state index in [0.29, 0.717) is 5.02 Å². The third-order valence-corrected chi connectivity index (χ3v) is 3.36. The summed E-state index contributed by atoms with van der Waals surface area (Å²) in [5.74, 6) is 0.737. The molecule has 0 saturated heterocycles. The van der Waals surface area contributed by atoms with E-state index in [9.17, 15) is 0 Å². The van der Waals surface area contributed by atoms with Crippen LogP contribution in [-0.2, 0) is 0 Å². The molecule has 0 bridgehead atoms. The molecule has 0 fully saturated rings. The number of benzene rings is 1. The van der Waals surface area contributed by atoms with Crippen LogP contribution >= 0.6 is 27.5 Å². The highest BCUT2D eigenvalue weighted by molar-refractivity contribution is 9.10. The molecule has 0 amide bonds. The lowest BCUT2D eigenvalue weighted by Crippen LogP contribution is -1.97. The van der Waals surface area contributed by atoms with E-state index in [1.165, 1.54) is 0 Å². The molecule has 0 spiro atoms. The van der Waals surface area contributed by atoms with Gasteiger partial charge in [-0.25, -0.2) is 4.98 Å². The largest absolute Gasteiger partial charge is 0.371 e. The van der Waals surface area contributed by atoms with Crippen LogP contribution in [0.25, 0.3) is 11.3 Å². The summed E-state index contributed by atoms with van der Waals surface area (Å²) in [5, 5.41) is 3.66. The first-order valence-electron chi connectivity index (χ1n) is 4.66. The van der Waals surface area contributed by atoms with Gasteiger partial charge in [-0.05, 0) is 28.1 Å². The number of hydrogen-bond acceptors (Lipinski definition) is 3. The van der Waals surface area contributed by atoms with Crippen molar-refractivity contribution in [1.82, 2.24) is 9.97 Å². The van der Waals surface area contributed by atoms with Crippen LogP contribution in [0.1, 0.15) is 0 Å². The number of nitrogens with one attached hydrogen (secondary N) is 1. The number of nitrogens with zero attached hydrogens (tertiary/aromatic N) is 2. The molecule has 5 heteroatoms. The number of rotatable bonds is 2. The monoisotopic (exact) mass is 297 g/mol. The maximum Gasteiger partial charge on any atom is 0.152 e. The summed E-state index contributed by atoms with van der Waals surface area (Å²) in [6, 6.07) is 5.70. The van der Waals surface area contributed by atoms with Gasteiger partial charge in [0.25, 0.3) is 0 Å². The molecule has 0 aliphatic rings. The smallest absolute Gasteiger partial charge is 0.152 e. The van der Waals surface area contributed by atoms with E-state index in [1.54, 1.807) is 12.4 Å². The highest BCUT2D eigenvalue weighted by Crippen LogP contribution is 2.30. The van der Waals surface area contributed by atoms with Crippen LogP contribution in [0.4, 0.5) is 5.82 Å². The maximum atomic E-state index is 6.04. The molecule has 16 heavy (non-hydrogen) atoms. The second kappa shape index (κ2) is 4.80. The molecule has 3 nitrogen and oxygen atoms in total. The first-order valence-corrected chi connectivity index (χ1v) is 5.83. The lowest BCUT2D eigenvalue weighted by Gasteiger charge is -2.07. The summed E-state index contributed by atoms with van der Waals surface area (Å²) in [4.78, 5) is 8.49. The topological polar surface area (TPSA) is 37.8 Å². The van der Waals surface area contributed by atoms with E-state index in [1.807, 2.05) is 25.2 Å². The van der Waals surface area contributed by atoms with E-state index >= 15 is 0 Å². The first-order chi connectivity index (χ1) is 7.72. The van der Waals surface area contributed by atoms with Gasteiger partial charge in [-0.1, -0.05) is 17.7 Å². The fourth-order valence-electron chi connectivity index (χ4n) is 1.38. The second-order valence-corrected chi connectivity index (χ2v) is 4.39. The minimum Gasteiger partial charge on any atom is -0.371 e. The Kier molecular flexibility index (Phi) is 3.41. The number of halogens is 2. The minimum absolute atomic E-state index is 0.658. The fraction of sp³-hybridized carbons (Fsp3) is 0.0909. The van der Waals surface area contributed by atoms with Gasteiger partial charge >= 0.3 is 0 Å². The normalized spacial score (nSPS) is 10.2. The average molecular weight is 299 g/mol. The van der Waals surface area contributed by atoms with Gasteiger partial charge in [-0.15, -0.1) is 0 Å². The molecule has 1 aromatic heterocycles. The Morgan fingerprint density at radius 3 is 2.69 bits per heavy atom. The standard InChI is InChI=1S/C11H9BrClN3/c1-14-11-10(15-4-5-16-11)7-2-3-8(12)9(13)6-7/h2-6H,1H3,(H,14,16). The van der Waals surface area contributed by atoms with Gasteiger partial charge in [0, 0.05) is 29.5 Å². The van der Waals surface area contributed by atoms with Crippen LogP contribution in [-0.4, -0.2) is 17.0 Å². The molecule has 0 radical (unpaired) electrons. The average Bonchev–Trinajstić information content (AvgIpc) is 2.32. The van der Waals surface area contributed by atoms with Crippen molar-refractivity contribution in [3.8, 4) is 11.3 Å². The molecule has 0 aliphatic heterocycles. The third-order valence-electron chi connectivity index (χ3n) is 2.13. The molecular formula is C11H9BrClN3. The highest BCUT2D eigenvalue weighted by atomic mass is 79.9. The Morgan fingerprint density at radius 1 is 1.25 bits per heavy atom. The summed E-state index contributed by atoms with van der Waals surface area (Å²) < 4.78 is 0.868. The predicted molar refractivity (Wildman–Crippen MR) is 69.7 cm³/mol. The Bertz CT molecular complexity index is 516. The summed E-state index contributed by atoms with van der Waals surface area (Å²) in [6.07, 6.45) is 3.31. The molecule has 2 rings (SSSR count). The maximum absolute atomic E-state index is 6.04. The van der Waals surface area contributed by atoms with Crippen LogP contribution in [0.15, 0.2) is 35.1 Å². The number of hydrogen-bond donors (Lipinski definition) is 1. The molecule has 82 valence electrons. The van der Waals surface area contributed by atoms with Crippen molar-refractivity contribution in [2.45, 2.75) is 0 Å². The van der Waals surface area contributed by atoms with Gasteiger partial charge in [-0.3, -0.25) is 4.98 Å². The van der Waals surface area contributed by atoms with Crippen molar-refractivity contribution < 1.29 is 0 Å². The van der Waals surface area contributed by atoms with Crippen molar-refractivity contribution in [2.75, 3.05) is 12.4 Å². The lowest BCUT2D eigenvalue weighted by atomic mass is 10.1. The van der Waals surface area contributed by atoms with Crippen molar-refractivity contribution >= 4 is 33.3 Å². The third kappa shape index (κ3) is 2.18. The second-order valence-electron chi connectivity index (χ2n) is 3.13. The van der Waals surface area contributed by atoms with Gasteiger partial charge in [0.2, 0.25) is 0 Å². The number of anilines is 1. The minimum atomic E-state index is 0.658. The van der Waals surface area contributed by atoms with Crippen LogP contribution in [0, 0.1) is 0 Å². The highest BCUT2D eigenvalue weighted by Gasteiger charge is 2.07. The molecule has 1 heterocycles. The van der Waals surface area contributed by atoms with Crippen LogP contribution in [0.2, 0.25) is 5.02 Å². The molecule has 1 aromatic carbocycles. The molecule has 0 unspecified atom stereocenters. The quantitative estimate of drug-likeness (QED) is 0.920. The van der Waals surface area contributed by atoms with Gasteiger partial charge in [0.05, 0.1) is 5.02 Å². The van der Waals surface area contributed by atoms with E-state index in [-0.39, 0.29) is 0 Å². The van der Waals surface area contributed by atoms with E-state index in [0.717, 1.165) is 21.5 Å². The molecular weight excluding hydrogens is 289 g/mol. The zero-order valence-electron chi connectivity index (χ0n) is 8.54. The summed E-state index contributed by atoms with van der Waals surface area (Å²) in [5.41, 5.74) is 1.73. The van der Waals surface area contributed by atoms with Gasteiger partial charge < -0.3 is 5.32 Å². The van der Waals surface area contributed by atoms with Crippen molar-refractivity contribution in [3.63, 3.8) is 0 Å². The summed E-state index contributed by atoms with van der Waals surface area (Å²) >= 11 is 9.40. The molecule has 0 atom stereocenters. The first kappa shape index (κ1) is 11.4. The zero-order chi connectivity index (χ0) is 11.5. The summed E-state index contributed by atoms with van der Waals surface area (Å²) in [6.45, 7) is 0. The van der Waals surface area contributed by atoms with Gasteiger partial charge in [0.15, 0.2) is 5.82 Å². The lowest BCUT2D eigenvalue weighted by molar-refractivity contribution is 1.19. The summed E-state index contributed by atoms with van der Waals surface area (Å²) in [7, 11) is 1.81. The Balaban J connectivity index is 2.54. The SMILES string of the molecule is CNc1nccnc1-c1ccc(Br)c(Cl)c1. The predicted octanol–water partition coefficient (Wildman–Crippen LogP) is 3.60. The van der Waals surface area contributed by atoms with Crippen molar-refractivity contribution in [1.29, 1.82) is 0 Å². The van der Waals surface area contributed by atoms with Crippen molar-refractivity contribution in [3.05, 3.63) is 40.1 Å². The van der Waals surface area contributed by atoms with Crippen LogP contribution < -0.4 is 5.32 Å². The van der Waals surface area contributed by atoms with Gasteiger partial charge in [0.1, 0.15) is 5.69 Å². The molecule has 1 N–H and O–H groups in total. The Labute approximate surface area is 107 Å². The van der Waals surface area contributed by atoms with E-state index in [4.69, 9.17) is 11.6 Å². The van der Waals surface area contributed by atoms with E-state index < -0.39 is 0 Å². The Morgan fingerprint density at radius 2 is 2.00 bits per heavy atom. The van der Waals surface area contributed by atoms with Crippen molar-refractivity contribution in [2.24, 2.45) is 0 Å². The van der Waals surface area contributed by atoms with Gasteiger partial charge in [-0.2, -0.15) is 0 Å².